The Balaban J connectivity index is 2.14. The van der Waals surface area contributed by atoms with Gasteiger partial charge in [0.15, 0.2) is 0 Å². The average molecular weight is 300 g/mol. The van der Waals surface area contributed by atoms with Gasteiger partial charge in [0, 0.05) is 22.8 Å². The van der Waals surface area contributed by atoms with E-state index in [4.69, 9.17) is 17.3 Å². The smallest absolute Gasteiger partial charge is 0.211 e. The Hall–Kier alpha value is -2.25. The van der Waals surface area contributed by atoms with Gasteiger partial charge in [0.05, 0.1) is 11.3 Å². The summed E-state index contributed by atoms with van der Waals surface area (Å²) in [5.74, 6) is -0.159. The number of carbonyl (C=O) groups is 1. The number of benzene rings is 1. The Morgan fingerprint density at radius 2 is 2.00 bits per heavy atom. The summed E-state index contributed by atoms with van der Waals surface area (Å²) in [4.78, 5) is 12.7. The third-order valence-corrected chi connectivity index (χ3v) is 4.14. The van der Waals surface area contributed by atoms with Crippen LogP contribution in [-0.2, 0) is 13.0 Å². The van der Waals surface area contributed by atoms with Crippen LogP contribution < -0.4 is 5.73 Å². The van der Waals surface area contributed by atoms with E-state index in [1.807, 2.05) is 4.57 Å². The molecule has 0 spiro atoms. The molecule has 0 saturated heterocycles. The molecule has 1 aliphatic heterocycles. The maximum Gasteiger partial charge on any atom is 0.211 e. The van der Waals surface area contributed by atoms with Gasteiger partial charge in [-0.2, -0.15) is 5.26 Å². The number of nitrogens with zero attached hydrogens (tertiary/aromatic N) is 2. The Labute approximate surface area is 127 Å². The Bertz CT molecular complexity index is 753. The molecular weight excluding hydrogens is 286 g/mol. The summed E-state index contributed by atoms with van der Waals surface area (Å²) in [5, 5.41) is 9.88. The normalized spacial score (nSPS) is 13.5. The first kappa shape index (κ1) is 13.7. The molecule has 2 N–H and O–H groups in total. The Morgan fingerprint density at radius 3 is 2.67 bits per heavy atom. The highest BCUT2D eigenvalue weighted by Gasteiger charge is 2.27. The van der Waals surface area contributed by atoms with E-state index in [-0.39, 0.29) is 5.78 Å². The molecule has 0 saturated carbocycles. The van der Waals surface area contributed by atoms with Crippen LogP contribution in [0.4, 0.5) is 5.69 Å². The molecule has 5 heteroatoms. The molecule has 3 rings (SSSR count). The van der Waals surface area contributed by atoms with Gasteiger partial charge in [0.2, 0.25) is 5.78 Å². The van der Waals surface area contributed by atoms with Crippen molar-refractivity contribution >= 4 is 23.1 Å². The van der Waals surface area contributed by atoms with Crippen LogP contribution in [0.5, 0.6) is 0 Å². The molecule has 1 aromatic carbocycles. The van der Waals surface area contributed by atoms with Crippen LogP contribution in [0.2, 0.25) is 5.02 Å². The number of hydrogen-bond acceptors (Lipinski definition) is 3. The van der Waals surface area contributed by atoms with Gasteiger partial charge >= 0.3 is 0 Å². The van der Waals surface area contributed by atoms with Crippen molar-refractivity contribution in [3.8, 4) is 6.07 Å². The van der Waals surface area contributed by atoms with E-state index in [9.17, 15) is 10.1 Å². The highest BCUT2D eigenvalue weighted by Crippen LogP contribution is 2.31. The zero-order chi connectivity index (χ0) is 15.0. The molecule has 0 fully saturated rings. The largest absolute Gasteiger partial charge is 0.396 e. The number of fused-ring (bicyclic) bond motifs is 1. The van der Waals surface area contributed by atoms with Gasteiger partial charge in [-0.3, -0.25) is 4.79 Å². The second-order valence-corrected chi connectivity index (χ2v) is 5.58. The second kappa shape index (κ2) is 5.27. The van der Waals surface area contributed by atoms with Gasteiger partial charge in [-0.15, -0.1) is 0 Å². The lowest BCUT2D eigenvalue weighted by molar-refractivity contribution is 0.103. The van der Waals surface area contributed by atoms with Crippen LogP contribution in [0.3, 0.4) is 0 Å². The van der Waals surface area contributed by atoms with E-state index in [0.29, 0.717) is 27.5 Å². The summed E-state index contributed by atoms with van der Waals surface area (Å²) in [6.07, 6.45) is 2.81. The van der Waals surface area contributed by atoms with Crippen molar-refractivity contribution in [2.45, 2.75) is 25.8 Å². The van der Waals surface area contributed by atoms with Gasteiger partial charge in [-0.25, -0.2) is 0 Å². The van der Waals surface area contributed by atoms with Crippen molar-refractivity contribution in [2.75, 3.05) is 5.73 Å². The van der Waals surface area contributed by atoms with Crippen molar-refractivity contribution in [3.63, 3.8) is 0 Å². The van der Waals surface area contributed by atoms with E-state index >= 15 is 0 Å². The predicted octanol–water partition coefficient (Wildman–Crippen LogP) is 3.16. The molecule has 0 atom stereocenters. The summed E-state index contributed by atoms with van der Waals surface area (Å²) in [6.45, 7) is 0.732. The number of nitrogen functional groups attached to an aromatic ring is 1. The molecule has 0 bridgehead atoms. The molecule has 0 amide bonds. The molecule has 0 radical (unpaired) electrons. The lowest BCUT2D eigenvalue weighted by atomic mass is 10.1. The molecule has 2 heterocycles. The van der Waals surface area contributed by atoms with Crippen molar-refractivity contribution in [3.05, 3.63) is 51.8 Å². The minimum absolute atomic E-state index is 0.159. The fourth-order valence-corrected chi connectivity index (χ4v) is 2.99. The van der Waals surface area contributed by atoms with Crippen molar-refractivity contribution < 1.29 is 4.79 Å². The number of aromatic nitrogens is 1. The van der Waals surface area contributed by atoms with Crippen LogP contribution in [0.15, 0.2) is 24.3 Å². The quantitative estimate of drug-likeness (QED) is 0.866. The third kappa shape index (κ3) is 2.20. The number of hydrogen-bond donors (Lipinski definition) is 1. The van der Waals surface area contributed by atoms with Crippen LogP contribution in [-0.4, -0.2) is 10.4 Å². The SMILES string of the molecule is N#Cc1c(N)c(C(=O)c2ccc(Cl)cc2)n2c1CCCC2. The summed E-state index contributed by atoms with van der Waals surface area (Å²) >= 11 is 5.85. The first-order valence-electron chi connectivity index (χ1n) is 6.84. The average Bonchev–Trinajstić information content (AvgIpc) is 2.78. The predicted molar refractivity (Wildman–Crippen MR) is 81.4 cm³/mol. The van der Waals surface area contributed by atoms with Crippen LogP contribution in [0.25, 0.3) is 0 Å². The number of nitriles is 1. The Morgan fingerprint density at radius 1 is 1.29 bits per heavy atom. The summed E-state index contributed by atoms with van der Waals surface area (Å²) in [7, 11) is 0. The van der Waals surface area contributed by atoms with E-state index in [1.54, 1.807) is 24.3 Å². The number of rotatable bonds is 2. The minimum atomic E-state index is -0.159. The molecule has 4 nitrogen and oxygen atoms in total. The monoisotopic (exact) mass is 299 g/mol. The highest BCUT2D eigenvalue weighted by molar-refractivity contribution is 6.30. The zero-order valence-corrected chi connectivity index (χ0v) is 12.2. The first-order valence-corrected chi connectivity index (χ1v) is 7.22. The van der Waals surface area contributed by atoms with E-state index in [1.165, 1.54) is 0 Å². The molecule has 106 valence electrons. The fraction of sp³-hybridized carbons (Fsp3) is 0.250. The number of carbonyl (C=O) groups excluding carboxylic acids is 1. The Kier molecular flexibility index (Phi) is 3.44. The molecule has 0 aliphatic carbocycles. The molecule has 1 aliphatic rings. The van der Waals surface area contributed by atoms with Crippen LogP contribution in [0.1, 0.15) is 40.2 Å². The molecule has 2 aromatic rings. The van der Waals surface area contributed by atoms with Crippen LogP contribution in [0, 0.1) is 11.3 Å². The summed E-state index contributed by atoms with van der Waals surface area (Å²) in [5.41, 5.74) is 8.67. The van der Waals surface area contributed by atoms with Gasteiger partial charge in [0.25, 0.3) is 0 Å². The maximum absolute atomic E-state index is 12.7. The van der Waals surface area contributed by atoms with E-state index in [2.05, 4.69) is 6.07 Å². The minimum Gasteiger partial charge on any atom is -0.396 e. The zero-order valence-electron chi connectivity index (χ0n) is 11.4. The lowest BCUT2D eigenvalue weighted by Crippen LogP contribution is -2.17. The molecule has 0 unspecified atom stereocenters. The fourth-order valence-electron chi connectivity index (χ4n) is 2.87. The van der Waals surface area contributed by atoms with Gasteiger partial charge in [0.1, 0.15) is 11.8 Å². The molecule has 21 heavy (non-hydrogen) atoms. The van der Waals surface area contributed by atoms with Gasteiger partial charge < -0.3 is 10.3 Å². The first-order chi connectivity index (χ1) is 10.1. The van der Waals surface area contributed by atoms with Crippen molar-refractivity contribution in [1.29, 1.82) is 5.26 Å². The van der Waals surface area contributed by atoms with Crippen molar-refractivity contribution in [2.24, 2.45) is 0 Å². The maximum atomic E-state index is 12.7. The second-order valence-electron chi connectivity index (χ2n) is 5.14. The third-order valence-electron chi connectivity index (χ3n) is 3.89. The summed E-state index contributed by atoms with van der Waals surface area (Å²) in [6, 6.07) is 8.85. The van der Waals surface area contributed by atoms with Gasteiger partial charge in [-0.1, -0.05) is 11.6 Å². The number of halogens is 1. The van der Waals surface area contributed by atoms with Crippen LogP contribution >= 0.6 is 11.6 Å². The molecule has 1 aromatic heterocycles. The topological polar surface area (TPSA) is 71.8 Å². The molecular formula is C16H14ClN3O. The lowest BCUT2D eigenvalue weighted by Gasteiger charge is -2.17. The standard InChI is InChI=1S/C16H14ClN3O/c17-11-6-4-10(5-7-11)16(21)15-14(19)12(9-18)13-3-1-2-8-20(13)15/h4-7H,1-3,8,19H2. The summed E-state index contributed by atoms with van der Waals surface area (Å²) < 4.78 is 1.91. The van der Waals surface area contributed by atoms with Gasteiger partial charge in [-0.05, 0) is 43.5 Å². The van der Waals surface area contributed by atoms with E-state index in [0.717, 1.165) is 31.5 Å². The number of ketones is 1. The number of anilines is 1. The highest BCUT2D eigenvalue weighted by atomic mass is 35.5. The van der Waals surface area contributed by atoms with E-state index < -0.39 is 0 Å². The van der Waals surface area contributed by atoms with Crippen molar-refractivity contribution in [1.82, 2.24) is 4.57 Å². The number of nitrogens with two attached hydrogens (primary N) is 1.